The molecule has 1 atom stereocenters. The Bertz CT molecular complexity index is 323. The van der Waals surface area contributed by atoms with Crippen molar-refractivity contribution < 1.29 is 9.52 Å². The average molecular weight is 224 g/mol. The maximum atomic E-state index is 9.03. The summed E-state index contributed by atoms with van der Waals surface area (Å²) in [6.07, 6.45) is 0.826. The van der Waals surface area contributed by atoms with Gasteiger partial charge in [-0.25, -0.2) is 0 Å². The van der Waals surface area contributed by atoms with Crippen LogP contribution in [0.4, 0.5) is 0 Å². The molecule has 1 unspecified atom stereocenters. The Morgan fingerprint density at radius 3 is 3.12 bits per heavy atom. The Balaban J connectivity index is 1.95. The number of aryl methyl sites for hydroxylation is 1. The molecule has 0 aliphatic carbocycles. The molecule has 90 valence electrons. The number of furan rings is 1. The van der Waals surface area contributed by atoms with Gasteiger partial charge in [-0.15, -0.1) is 0 Å². The number of nitrogens with zero attached hydrogens (tertiary/aromatic N) is 1. The fraction of sp³-hybridized carbons (Fsp3) is 0.667. The first-order chi connectivity index (χ1) is 7.79. The predicted molar refractivity (Wildman–Crippen MR) is 62.2 cm³/mol. The number of hydrogen-bond acceptors (Lipinski definition) is 4. The molecular formula is C12H20N2O2. The summed E-state index contributed by atoms with van der Waals surface area (Å²) in [5, 5.41) is 12.4. The van der Waals surface area contributed by atoms with Gasteiger partial charge >= 0.3 is 0 Å². The van der Waals surface area contributed by atoms with Crippen molar-refractivity contribution in [2.75, 3.05) is 26.2 Å². The van der Waals surface area contributed by atoms with Gasteiger partial charge in [-0.05, 0) is 25.5 Å². The second-order valence-corrected chi connectivity index (χ2v) is 4.35. The largest absolute Gasteiger partial charge is 0.465 e. The van der Waals surface area contributed by atoms with Crippen LogP contribution in [0.25, 0.3) is 0 Å². The van der Waals surface area contributed by atoms with E-state index < -0.39 is 0 Å². The third kappa shape index (κ3) is 2.84. The minimum absolute atomic E-state index is 0.250. The number of aliphatic hydroxyl groups excluding tert-OH is 1. The minimum Gasteiger partial charge on any atom is -0.465 e. The van der Waals surface area contributed by atoms with Gasteiger partial charge in [0, 0.05) is 32.3 Å². The van der Waals surface area contributed by atoms with Crippen molar-refractivity contribution in [2.24, 2.45) is 0 Å². The van der Waals surface area contributed by atoms with Gasteiger partial charge in [0.1, 0.15) is 11.5 Å². The molecule has 0 spiro atoms. The SMILES string of the molecule is Cc1ccc(CN2CCNCC2CCO)o1. The second-order valence-electron chi connectivity index (χ2n) is 4.35. The molecule has 1 aliphatic heterocycles. The van der Waals surface area contributed by atoms with Crippen LogP contribution < -0.4 is 5.32 Å². The maximum Gasteiger partial charge on any atom is 0.118 e. The van der Waals surface area contributed by atoms with Crippen molar-refractivity contribution in [1.29, 1.82) is 0 Å². The van der Waals surface area contributed by atoms with Gasteiger partial charge < -0.3 is 14.8 Å². The Labute approximate surface area is 96.2 Å². The summed E-state index contributed by atoms with van der Waals surface area (Å²) in [5.41, 5.74) is 0. The topological polar surface area (TPSA) is 48.6 Å². The van der Waals surface area contributed by atoms with Gasteiger partial charge in [-0.3, -0.25) is 4.90 Å². The van der Waals surface area contributed by atoms with Crippen molar-refractivity contribution in [3.8, 4) is 0 Å². The summed E-state index contributed by atoms with van der Waals surface area (Å²) in [4.78, 5) is 2.38. The molecule has 0 bridgehead atoms. The Morgan fingerprint density at radius 2 is 2.44 bits per heavy atom. The van der Waals surface area contributed by atoms with E-state index in [1.54, 1.807) is 0 Å². The summed E-state index contributed by atoms with van der Waals surface area (Å²) in [7, 11) is 0. The van der Waals surface area contributed by atoms with Crippen LogP contribution in [0.5, 0.6) is 0 Å². The highest BCUT2D eigenvalue weighted by Gasteiger charge is 2.22. The quantitative estimate of drug-likeness (QED) is 0.792. The first-order valence-corrected chi connectivity index (χ1v) is 5.90. The molecule has 0 saturated carbocycles. The van der Waals surface area contributed by atoms with Crippen LogP contribution in [0.1, 0.15) is 17.9 Å². The summed E-state index contributed by atoms with van der Waals surface area (Å²) < 4.78 is 5.59. The monoisotopic (exact) mass is 224 g/mol. The zero-order valence-corrected chi connectivity index (χ0v) is 9.78. The molecule has 2 heterocycles. The summed E-state index contributed by atoms with van der Waals surface area (Å²) in [5.74, 6) is 1.98. The van der Waals surface area contributed by atoms with Gasteiger partial charge in [-0.1, -0.05) is 0 Å². The highest BCUT2D eigenvalue weighted by Crippen LogP contribution is 2.14. The van der Waals surface area contributed by atoms with Crippen LogP contribution in [-0.4, -0.2) is 42.3 Å². The van der Waals surface area contributed by atoms with E-state index in [9.17, 15) is 0 Å². The molecule has 2 N–H and O–H groups in total. The van der Waals surface area contributed by atoms with E-state index in [1.165, 1.54) is 0 Å². The van der Waals surface area contributed by atoms with Gasteiger partial charge in [0.15, 0.2) is 0 Å². The van der Waals surface area contributed by atoms with E-state index in [-0.39, 0.29) is 6.61 Å². The van der Waals surface area contributed by atoms with Crippen molar-refractivity contribution >= 4 is 0 Å². The molecule has 0 amide bonds. The Kier molecular flexibility index (Phi) is 3.98. The molecule has 1 fully saturated rings. The normalized spacial score (nSPS) is 22.5. The first kappa shape index (κ1) is 11.6. The third-order valence-electron chi connectivity index (χ3n) is 3.09. The highest BCUT2D eigenvalue weighted by molar-refractivity contribution is 5.05. The zero-order valence-electron chi connectivity index (χ0n) is 9.78. The van der Waals surface area contributed by atoms with Crippen LogP contribution in [0.3, 0.4) is 0 Å². The summed E-state index contributed by atoms with van der Waals surface area (Å²) in [6, 6.07) is 4.45. The lowest BCUT2D eigenvalue weighted by molar-refractivity contribution is 0.115. The number of nitrogens with one attached hydrogen (secondary N) is 1. The van der Waals surface area contributed by atoms with Crippen molar-refractivity contribution in [3.63, 3.8) is 0 Å². The minimum atomic E-state index is 0.250. The van der Waals surface area contributed by atoms with Gasteiger partial charge in [0.05, 0.1) is 6.54 Å². The van der Waals surface area contributed by atoms with Crippen molar-refractivity contribution in [2.45, 2.75) is 25.9 Å². The first-order valence-electron chi connectivity index (χ1n) is 5.90. The molecule has 4 heteroatoms. The molecular weight excluding hydrogens is 204 g/mol. The molecule has 16 heavy (non-hydrogen) atoms. The number of aliphatic hydroxyl groups is 1. The zero-order chi connectivity index (χ0) is 11.4. The van der Waals surface area contributed by atoms with Crippen molar-refractivity contribution in [3.05, 3.63) is 23.7 Å². The van der Waals surface area contributed by atoms with E-state index in [4.69, 9.17) is 9.52 Å². The summed E-state index contributed by atoms with van der Waals surface area (Å²) >= 11 is 0. The van der Waals surface area contributed by atoms with Gasteiger partial charge in [-0.2, -0.15) is 0 Å². The number of rotatable bonds is 4. The van der Waals surface area contributed by atoms with Gasteiger partial charge in [0.2, 0.25) is 0 Å². The molecule has 1 aliphatic rings. The van der Waals surface area contributed by atoms with E-state index in [2.05, 4.69) is 10.2 Å². The Hall–Kier alpha value is -0.840. The van der Waals surface area contributed by atoms with Crippen LogP contribution in [0, 0.1) is 6.92 Å². The lowest BCUT2D eigenvalue weighted by Crippen LogP contribution is -2.50. The number of hydrogen-bond donors (Lipinski definition) is 2. The molecule has 1 saturated heterocycles. The van der Waals surface area contributed by atoms with Crippen LogP contribution in [0.15, 0.2) is 16.5 Å². The second kappa shape index (κ2) is 5.48. The lowest BCUT2D eigenvalue weighted by atomic mass is 10.1. The standard InChI is InChI=1S/C12H20N2O2/c1-10-2-3-12(16-10)9-14-6-5-13-8-11(14)4-7-15/h2-3,11,13,15H,4-9H2,1H3. The average Bonchev–Trinajstić information content (AvgIpc) is 2.67. The Morgan fingerprint density at radius 1 is 1.56 bits per heavy atom. The molecule has 4 nitrogen and oxygen atoms in total. The molecule has 1 aromatic heterocycles. The van der Waals surface area contributed by atoms with Gasteiger partial charge in [0.25, 0.3) is 0 Å². The molecule has 1 aromatic rings. The number of piperazine rings is 1. The highest BCUT2D eigenvalue weighted by atomic mass is 16.3. The van der Waals surface area contributed by atoms with E-state index in [0.717, 1.165) is 44.1 Å². The molecule has 0 aromatic carbocycles. The molecule has 0 radical (unpaired) electrons. The smallest absolute Gasteiger partial charge is 0.118 e. The fourth-order valence-electron chi connectivity index (χ4n) is 2.22. The fourth-order valence-corrected chi connectivity index (χ4v) is 2.22. The maximum absolute atomic E-state index is 9.03. The van der Waals surface area contributed by atoms with Crippen LogP contribution >= 0.6 is 0 Å². The molecule has 2 rings (SSSR count). The lowest BCUT2D eigenvalue weighted by Gasteiger charge is -2.35. The van der Waals surface area contributed by atoms with E-state index >= 15 is 0 Å². The predicted octanol–water partition coefficient (Wildman–Crippen LogP) is 0.744. The summed E-state index contributed by atoms with van der Waals surface area (Å²) in [6.45, 7) is 6.05. The van der Waals surface area contributed by atoms with Crippen molar-refractivity contribution in [1.82, 2.24) is 10.2 Å². The van der Waals surface area contributed by atoms with E-state index in [0.29, 0.717) is 6.04 Å². The van der Waals surface area contributed by atoms with Crippen LogP contribution in [0.2, 0.25) is 0 Å². The third-order valence-corrected chi connectivity index (χ3v) is 3.09. The van der Waals surface area contributed by atoms with Crippen LogP contribution in [-0.2, 0) is 6.54 Å². The van der Waals surface area contributed by atoms with E-state index in [1.807, 2.05) is 19.1 Å².